The van der Waals surface area contributed by atoms with Gasteiger partial charge in [-0.15, -0.1) is 0 Å². The van der Waals surface area contributed by atoms with Crippen molar-refractivity contribution >= 4 is 15.9 Å². The summed E-state index contributed by atoms with van der Waals surface area (Å²) in [6, 6.07) is 4.76. The molecular weight excluding hydrogens is 271 g/mol. The topological polar surface area (TPSA) is 20.2 Å². The molecule has 0 aliphatic heterocycles. The molecule has 0 fully saturated rings. The van der Waals surface area contributed by atoms with Crippen LogP contribution in [0.5, 0.6) is 0 Å². The lowest BCUT2D eigenvalue weighted by Crippen LogP contribution is -2.06. The van der Waals surface area contributed by atoms with Crippen LogP contribution in [0, 0.1) is 5.82 Å². The molecule has 1 aromatic rings. The van der Waals surface area contributed by atoms with E-state index in [4.69, 9.17) is 0 Å². The van der Waals surface area contributed by atoms with Crippen molar-refractivity contribution in [3.05, 3.63) is 34.1 Å². The lowest BCUT2D eigenvalue weighted by atomic mass is 10.0. The predicted octanol–water partition coefficient (Wildman–Crippen LogP) is 4.07. The van der Waals surface area contributed by atoms with Crippen LogP contribution in [-0.2, 0) is 6.42 Å². The van der Waals surface area contributed by atoms with Gasteiger partial charge in [-0.1, -0.05) is 35.3 Å². The van der Waals surface area contributed by atoms with Gasteiger partial charge in [0.05, 0.1) is 6.10 Å². The summed E-state index contributed by atoms with van der Waals surface area (Å²) >= 11 is 3.34. The van der Waals surface area contributed by atoms with Gasteiger partial charge >= 0.3 is 0 Å². The number of halogens is 2. The number of aliphatic hydroxyl groups is 1. The van der Waals surface area contributed by atoms with Crippen LogP contribution in [0.4, 0.5) is 4.39 Å². The van der Waals surface area contributed by atoms with Gasteiger partial charge in [0.25, 0.3) is 0 Å². The van der Waals surface area contributed by atoms with E-state index in [0.717, 1.165) is 42.1 Å². The zero-order valence-electron chi connectivity index (χ0n) is 9.55. The van der Waals surface area contributed by atoms with Crippen molar-refractivity contribution < 1.29 is 9.50 Å². The monoisotopic (exact) mass is 288 g/mol. The van der Waals surface area contributed by atoms with Gasteiger partial charge in [0.15, 0.2) is 0 Å². The third-order valence-electron chi connectivity index (χ3n) is 2.62. The summed E-state index contributed by atoms with van der Waals surface area (Å²) in [6.07, 6.45) is 4.32. The molecule has 90 valence electrons. The lowest BCUT2D eigenvalue weighted by Gasteiger charge is -2.09. The first-order chi connectivity index (χ1) is 7.63. The van der Waals surface area contributed by atoms with Crippen LogP contribution in [0.3, 0.4) is 0 Å². The molecule has 0 spiro atoms. The van der Waals surface area contributed by atoms with Gasteiger partial charge in [-0.2, -0.15) is 0 Å². The van der Waals surface area contributed by atoms with Crippen molar-refractivity contribution in [1.82, 2.24) is 0 Å². The van der Waals surface area contributed by atoms with Crippen LogP contribution in [0.1, 0.15) is 38.2 Å². The lowest BCUT2D eigenvalue weighted by molar-refractivity contribution is 0.151. The van der Waals surface area contributed by atoms with Crippen molar-refractivity contribution in [2.24, 2.45) is 0 Å². The summed E-state index contributed by atoms with van der Waals surface area (Å²) in [5.74, 6) is -0.221. The highest BCUT2D eigenvalue weighted by molar-refractivity contribution is 9.10. The minimum Gasteiger partial charge on any atom is -0.393 e. The molecule has 3 heteroatoms. The number of hydrogen-bond donors (Lipinski definition) is 1. The summed E-state index contributed by atoms with van der Waals surface area (Å²) in [7, 11) is 0. The van der Waals surface area contributed by atoms with Crippen LogP contribution in [0.2, 0.25) is 0 Å². The third kappa shape index (κ3) is 4.62. The summed E-state index contributed by atoms with van der Waals surface area (Å²) in [5, 5.41) is 9.57. The number of aliphatic hydroxyl groups excluding tert-OH is 1. The smallest absolute Gasteiger partial charge is 0.124 e. The van der Waals surface area contributed by atoms with Gasteiger partial charge in [-0.25, -0.2) is 4.39 Å². The molecule has 1 unspecified atom stereocenters. The Kier molecular flexibility index (Phi) is 5.99. The minimum atomic E-state index is -0.221. The van der Waals surface area contributed by atoms with Gasteiger partial charge < -0.3 is 5.11 Å². The van der Waals surface area contributed by atoms with Crippen LogP contribution < -0.4 is 0 Å². The molecule has 0 saturated heterocycles. The molecule has 1 rings (SSSR count). The van der Waals surface area contributed by atoms with E-state index in [-0.39, 0.29) is 11.9 Å². The van der Waals surface area contributed by atoms with Gasteiger partial charge in [0, 0.05) is 4.47 Å². The molecule has 16 heavy (non-hydrogen) atoms. The average Bonchev–Trinajstić information content (AvgIpc) is 2.22. The fraction of sp³-hybridized carbons (Fsp3) is 0.538. The number of aryl methyl sites for hydroxylation is 1. The van der Waals surface area contributed by atoms with Crippen LogP contribution in [-0.4, -0.2) is 11.2 Å². The fourth-order valence-electron chi connectivity index (χ4n) is 1.73. The minimum absolute atomic E-state index is 0.191. The molecule has 0 aliphatic rings. The Bertz CT molecular complexity index is 328. The zero-order valence-corrected chi connectivity index (χ0v) is 11.1. The van der Waals surface area contributed by atoms with Crippen LogP contribution in [0.15, 0.2) is 22.7 Å². The maximum atomic E-state index is 12.8. The second-order valence-corrected chi connectivity index (χ2v) is 4.92. The molecule has 0 aromatic heterocycles. The number of rotatable bonds is 6. The Balaban J connectivity index is 2.37. The van der Waals surface area contributed by atoms with E-state index in [1.807, 2.05) is 0 Å². The Morgan fingerprint density at radius 3 is 2.75 bits per heavy atom. The van der Waals surface area contributed by atoms with E-state index < -0.39 is 0 Å². The van der Waals surface area contributed by atoms with Gasteiger partial charge in [0.2, 0.25) is 0 Å². The van der Waals surface area contributed by atoms with Crippen molar-refractivity contribution in [2.75, 3.05) is 0 Å². The highest BCUT2D eigenvalue weighted by Gasteiger charge is 2.05. The Morgan fingerprint density at radius 2 is 2.12 bits per heavy atom. The number of benzene rings is 1. The molecule has 0 bridgehead atoms. The number of hydrogen-bond acceptors (Lipinski definition) is 1. The predicted molar refractivity (Wildman–Crippen MR) is 68.0 cm³/mol. The molecule has 0 radical (unpaired) electrons. The highest BCUT2D eigenvalue weighted by atomic mass is 79.9. The summed E-state index contributed by atoms with van der Waals surface area (Å²) in [4.78, 5) is 0. The first kappa shape index (κ1) is 13.7. The van der Waals surface area contributed by atoms with Crippen LogP contribution in [0.25, 0.3) is 0 Å². The molecule has 0 aliphatic carbocycles. The van der Waals surface area contributed by atoms with E-state index in [9.17, 15) is 9.50 Å². The first-order valence-corrected chi connectivity index (χ1v) is 6.54. The molecule has 1 aromatic carbocycles. The van der Waals surface area contributed by atoms with E-state index in [1.165, 1.54) is 12.1 Å². The maximum absolute atomic E-state index is 12.8. The van der Waals surface area contributed by atoms with Crippen molar-refractivity contribution in [3.8, 4) is 0 Å². The molecule has 0 heterocycles. The first-order valence-electron chi connectivity index (χ1n) is 5.75. The molecule has 0 amide bonds. The Morgan fingerprint density at radius 1 is 1.38 bits per heavy atom. The van der Waals surface area contributed by atoms with Gasteiger partial charge in [0.1, 0.15) is 5.82 Å². The van der Waals surface area contributed by atoms with Crippen LogP contribution >= 0.6 is 15.9 Å². The average molecular weight is 289 g/mol. The Labute approximate surface area is 105 Å². The Hall–Kier alpha value is -0.410. The van der Waals surface area contributed by atoms with E-state index in [1.54, 1.807) is 6.07 Å². The third-order valence-corrected chi connectivity index (χ3v) is 3.36. The molecule has 1 atom stereocenters. The standard InChI is InChI=1S/C13H18BrFO/c1-2-4-12(16)6-3-5-10-7-8-11(15)9-13(10)14/h7-9,12,16H,2-6H2,1H3. The highest BCUT2D eigenvalue weighted by Crippen LogP contribution is 2.20. The van der Waals surface area contributed by atoms with E-state index >= 15 is 0 Å². The van der Waals surface area contributed by atoms with Crippen molar-refractivity contribution in [2.45, 2.75) is 45.1 Å². The van der Waals surface area contributed by atoms with Gasteiger partial charge in [-0.05, 0) is 43.4 Å². The van der Waals surface area contributed by atoms with E-state index in [2.05, 4.69) is 22.9 Å². The van der Waals surface area contributed by atoms with Gasteiger partial charge in [-0.3, -0.25) is 0 Å². The molecular formula is C13H18BrFO. The fourth-order valence-corrected chi connectivity index (χ4v) is 2.28. The SMILES string of the molecule is CCCC(O)CCCc1ccc(F)cc1Br. The molecule has 1 nitrogen and oxygen atoms in total. The molecule has 1 N–H and O–H groups in total. The second kappa shape index (κ2) is 7.02. The normalized spacial score (nSPS) is 12.8. The summed E-state index contributed by atoms with van der Waals surface area (Å²) in [6.45, 7) is 2.07. The quantitative estimate of drug-likeness (QED) is 0.837. The largest absolute Gasteiger partial charge is 0.393 e. The summed E-state index contributed by atoms with van der Waals surface area (Å²) < 4.78 is 13.6. The van der Waals surface area contributed by atoms with Crippen molar-refractivity contribution in [1.29, 1.82) is 0 Å². The molecule has 0 saturated carbocycles. The second-order valence-electron chi connectivity index (χ2n) is 4.07. The summed E-state index contributed by atoms with van der Waals surface area (Å²) in [5.41, 5.74) is 1.10. The van der Waals surface area contributed by atoms with Crippen molar-refractivity contribution in [3.63, 3.8) is 0 Å². The zero-order chi connectivity index (χ0) is 12.0. The van der Waals surface area contributed by atoms with E-state index in [0.29, 0.717) is 0 Å². The maximum Gasteiger partial charge on any atom is 0.124 e.